The molecule has 154 valence electrons. The highest BCUT2D eigenvalue weighted by molar-refractivity contribution is 7.19. The Labute approximate surface area is 178 Å². The maximum absolute atomic E-state index is 12.3. The number of anilines is 1. The number of aromatic nitrogens is 3. The van der Waals surface area contributed by atoms with Crippen molar-refractivity contribution < 1.29 is 14.3 Å². The lowest BCUT2D eigenvalue weighted by Crippen LogP contribution is -2.13. The fraction of sp³-hybridized carbons (Fsp3) is 0.227. The molecular formula is C22H22N4O3S. The van der Waals surface area contributed by atoms with Crippen molar-refractivity contribution in [3.8, 4) is 16.3 Å². The number of amides is 1. The number of hydrogen-bond acceptors (Lipinski definition) is 6. The normalized spacial score (nSPS) is 10.9. The maximum atomic E-state index is 12.3. The van der Waals surface area contributed by atoms with Crippen LogP contribution < -0.4 is 10.1 Å². The molecule has 0 aliphatic rings. The number of nitrogens with zero attached hydrogens (tertiary/aromatic N) is 3. The standard InChI is InChI=1S/C22H22N4O3S/c1-13-20(30-21(23-13)16-7-5-6-8-19(16)28-4)25-22(27)29-12-15-9-10-18-17(11-15)24-14(2)26(18)3/h5-11H,12H2,1-4H3,(H,25,27). The molecule has 0 unspecified atom stereocenters. The summed E-state index contributed by atoms with van der Waals surface area (Å²) in [5, 5.41) is 4.22. The number of benzene rings is 2. The van der Waals surface area contributed by atoms with E-state index in [1.807, 2.05) is 67.9 Å². The van der Waals surface area contributed by atoms with E-state index < -0.39 is 6.09 Å². The maximum Gasteiger partial charge on any atom is 0.412 e. The summed E-state index contributed by atoms with van der Waals surface area (Å²) < 4.78 is 12.8. The van der Waals surface area contributed by atoms with Gasteiger partial charge in [0.25, 0.3) is 0 Å². The Morgan fingerprint density at radius 2 is 1.97 bits per heavy atom. The van der Waals surface area contributed by atoms with Gasteiger partial charge < -0.3 is 14.0 Å². The van der Waals surface area contributed by atoms with Crippen LogP contribution in [0.2, 0.25) is 0 Å². The third kappa shape index (κ3) is 3.86. The van der Waals surface area contributed by atoms with Crippen LogP contribution in [-0.4, -0.2) is 27.7 Å². The molecule has 2 aromatic carbocycles. The van der Waals surface area contributed by atoms with Crippen LogP contribution in [0.1, 0.15) is 17.1 Å². The molecule has 0 saturated carbocycles. The Morgan fingerprint density at radius 3 is 2.77 bits per heavy atom. The van der Waals surface area contributed by atoms with Gasteiger partial charge in [-0.25, -0.2) is 14.8 Å². The molecule has 1 amide bonds. The fourth-order valence-corrected chi connectivity index (χ4v) is 4.16. The Hall–Kier alpha value is -3.39. The van der Waals surface area contributed by atoms with Gasteiger partial charge in [-0.1, -0.05) is 29.5 Å². The van der Waals surface area contributed by atoms with Crippen LogP contribution in [-0.2, 0) is 18.4 Å². The number of carbonyl (C=O) groups excluding carboxylic acids is 1. The SMILES string of the molecule is COc1ccccc1-c1nc(C)c(NC(=O)OCc2ccc3c(c2)nc(C)n3C)s1. The van der Waals surface area contributed by atoms with E-state index in [4.69, 9.17) is 9.47 Å². The highest BCUT2D eigenvalue weighted by atomic mass is 32.1. The summed E-state index contributed by atoms with van der Waals surface area (Å²) in [5.74, 6) is 1.67. The fourth-order valence-electron chi connectivity index (χ4n) is 3.18. The predicted octanol–water partition coefficient (Wildman–Crippen LogP) is 5.07. The molecule has 2 heterocycles. The highest BCUT2D eigenvalue weighted by Crippen LogP contribution is 2.36. The number of hydrogen-bond donors (Lipinski definition) is 1. The molecule has 0 spiro atoms. The van der Waals surface area contributed by atoms with Gasteiger partial charge in [0.15, 0.2) is 0 Å². The number of thiazole rings is 1. The average molecular weight is 423 g/mol. The second kappa shape index (κ2) is 8.16. The number of fused-ring (bicyclic) bond motifs is 1. The summed E-state index contributed by atoms with van der Waals surface area (Å²) in [6.07, 6.45) is -0.523. The van der Waals surface area contributed by atoms with Crippen molar-refractivity contribution >= 4 is 33.5 Å². The Morgan fingerprint density at radius 1 is 1.17 bits per heavy atom. The molecule has 30 heavy (non-hydrogen) atoms. The van der Waals surface area contributed by atoms with Crippen LogP contribution in [0.15, 0.2) is 42.5 Å². The minimum absolute atomic E-state index is 0.161. The quantitative estimate of drug-likeness (QED) is 0.486. The van der Waals surface area contributed by atoms with E-state index in [2.05, 4.69) is 15.3 Å². The molecule has 7 nitrogen and oxygen atoms in total. The van der Waals surface area contributed by atoms with Crippen molar-refractivity contribution in [1.29, 1.82) is 0 Å². The molecule has 0 fully saturated rings. The van der Waals surface area contributed by atoms with E-state index in [-0.39, 0.29) is 6.61 Å². The highest BCUT2D eigenvalue weighted by Gasteiger charge is 2.15. The third-order valence-corrected chi connectivity index (χ3v) is 5.99. The van der Waals surface area contributed by atoms with Crippen molar-refractivity contribution in [2.75, 3.05) is 12.4 Å². The molecule has 0 aliphatic heterocycles. The molecule has 0 aliphatic carbocycles. The molecule has 0 bridgehead atoms. The van der Waals surface area contributed by atoms with Gasteiger partial charge in [-0.05, 0) is 43.7 Å². The van der Waals surface area contributed by atoms with Gasteiger partial charge >= 0.3 is 6.09 Å². The minimum Gasteiger partial charge on any atom is -0.496 e. The molecular weight excluding hydrogens is 400 g/mol. The number of nitrogens with one attached hydrogen (secondary N) is 1. The lowest BCUT2D eigenvalue weighted by atomic mass is 10.2. The molecule has 0 atom stereocenters. The van der Waals surface area contributed by atoms with Gasteiger partial charge in [-0.2, -0.15) is 0 Å². The second-order valence-electron chi connectivity index (χ2n) is 6.88. The third-order valence-electron chi connectivity index (χ3n) is 4.89. The van der Waals surface area contributed by atoms with Gasteiger partial charge in [0.05, 0.1) is 29.4 Å². The Kier molecular flexibility index (Phi) is 5.41. The zero-order valence-corrected chi connectivity index (χ0v) is 18.0. The monoisotopic (exact) mass is 422 g/mol. The first-order valence-corrected chi connectivity index (χ1v) is 10.2. The number of carbonyl (C=O) groups is 1. The summed E-state index contributed by atoms with van der Waals surface area (Å²) >= 11 is 1.38. The molecule has 0 saturated heterocycles. The molecule has 4 rings (SSSR count). The van der Waals surface area contributed by atoms with Crippen LogP contribution in [0.4, 0.5) is 9.80 Å². The van der Waals surface area contributed by atoms with E-state index >= 15 is 0 Å². The number of rotatable bonds is 5. The minimum atomic E-state index is -0.523. The van der Waals surface area contributed by atoms with Crippen molar-refractivity contribution in [1.82, 2.24) is 14.5 Å². The average Bonchev–Trinajstić information content (AvgIpc) is 3.25. The van der Waals surface area contributed by atoms with Crippen LogP contribution in [0.5, 0.6) is 5.75 Å². The van der Waals surface area contributed by atoms with Crippen molar-refractivity contribution in [3.05, 3.63) is 59.5 Å². The Bertz CT molecular complexity index is 1230. The number of methoxy groups -OCH3 is 1. The van der Waals surface area contributed by atoms with Gasteiger partial charge in [-0.15, -0.1) is 0 Å². The number of para-hydroxylation sites is 1. The van der Waals surface area contributed by atoms with Crippen LogP contribution in [0, 0.1) is 13.8 Å². The van der Waals surface area contributed by atoms with Crippen LogP contribution in [0.25, 0.3) is 21.6 Å². The van der Waals surface area contributed by atoms with Gasteiger partial charge in [0.1, 0.15) is 28.2 Å². The lowest BCUT2D eigenvalue weighted by Gasteiger charge is -2.06. The van der Waals surface area contributed by atoms with Gasteiger partial charge in [0.2, 0.25) is 0 Å². The summed E-state index contributed by atoms with van der Waals surface area (Å²) in [6, 6.07) is 13.5. The summed E-state index contributed by atoms with van der Waals surface area (Å²) in [7, 11) is 3.60. The molecule has 8 heteroatoms. The molecule has 0 radical (unpaired) electrons. The van der Waals surface area contributed by atoms with E-state index in [0.29, 0.717) is 5.00 Å². The number of imidazole rings is 1. The van der Waals surface area contributed by atoms with E-state index in [1.54, 1.807) is 7.11 Å². The molecule has 1 N–H and O–H groups in total. The zero-order chi connectivity index (χ0) is 21.3. The summed E-state index contributed by atoms with van der Waals surface area (Å²) in [6.45, 7) is 3.97. The van der Waals surface area contributed by atoms with Crippen molar-refractivity contribution in [2.45, 2.75) is 20.5 Å². The number of aryl methyl sites for hydroxylation is 3. The largest absolute Gasteiger partial charge is 0.496 e. The predicted molar refractivity (Wildman–Crippen MR) is 118 cm³/mol. The van der Waals surface area contributed by atoms with Crippen molar-refractivity contribution in [2.24, 2.45) is 7.05 Å². The summed E-state index contributed by atoms with van der Waals surface area (Å²) in [4.78, 5) is 21.4. The lowest BCUT2D eigenvalue weighted by molar-refractivity contribution is 0.155. The van der Waals surface area contributed by atoms with Gasteiger partial charge in [-0.3, -0.25) is 5.32 Å². The van der Waals surface area contributed by atoms with Crippen molar-refractivity contribution in [3.63, 3.8) is 0 Å². The van der Waals surface area contributed by atoms with E-state index in [0.717, 1.165) is 44.4 Å². The van der Waals surface area contributed by atoms with Crippen LogP contribution in [0.3, 0.4) is 0 Å². The smallest absolute Gasteiger partial charge is 0.412 e. The van der Waals surface area contributed by atoms with Gasteiger partial charge in [0, 0.05) is 7.05 Å². The van der Waals surface area contributed by atoms with E-state index in [1.165, 1.54) is 11.3 Å². The zero-order valence-electron chi connectivity index (χ0n) is 17.2. The first-order chi connectivity index (χ1) is 14.5. The van der Waals surface area contributed by atoms with E-state index in [9.17, 15) is 4.79 Å². The first-order valence-electron chi connectivity index (χ1n) is 9.43. The first kappa shape index (κ1) is 19.9. The summed E-state index contributed by atoms with van der Waals surface area (Å²) in [5.41, 5.74) is 4.42. The van der Waals surface area contributed by atoms with Crippen LogP contribution >= 0.6 is 11.3 Å². The molecule has 2 aromatic heterocycles. The second-order valence-corrected chi connectivity index (χ2v) is 7.88. The topological polar surface area (TPSA) is 78.3 Å². The number of ether oxygens (including phenoxy) is 2. The molecule has 4 aromatic rings. The Balaban J connectivity index is 1.44.